The Morgan fingerprint density at radius 2 is 2.33 bits per heavy atom. The maximum atomic E-state index is 9.56. The minimum absolute atomic E-state index is 0.414. The van der Waals surface area contributed by atoms with Gasteiger partial charge in [0.2, 0.25) is 0 Å². The van der Waals surface area contributed by atoms with Crippen molar-refractivity contribution in [1.82, 2.24) is 5.32 Å². The van der Waals surface area contributed by atoms with Crippen LogP contribution < -0.4 is 5.32 Å². The number of aliphatic hydroxyl groups excluding tert-OH is 1. The van der Waals surface area contributed by atoms with Gasteiger partial charge >= 0.3 is 0 Å². The number of halogens is 2. The third-order valence-electron chi connectivity index (χ3n) is 1.39. The molecule has 0 aromatic carbocycles. The molecule has 0 aliphatic rings. The van der Waals surface area contributed by atoms with Crippen molar-refractivity contribution in [3.63, 3.8) is 0 Å². The largest absolute Gasteiger partial charge is 0.386 e. The summed E-state index contributed by atoms with van der Waals surface area (Å²) in [7, 11) is 1.82. The van der Waals surface area contributed by atoms with Crippen molar-refractivity contribution >= 4 is 43.2 Å². The molecule has 1 aromatic heterocycles. The summed E-state index contributed by atoms with van der Waals surface area (Å²) in [5.74, 6) is 0. The molecule has 0 bridgehead atoms. The van der Waals surface area contributed by atoms with Gasteiger partial charge in [-0.25, -0.2) is 0 Å². The minimum atomic E-state index is -0.414. The van der Waals surface area contributed by atoms with Crippen LogP contribution in [0.5, 0.6) is 0 Å². The van der Waals surface area contributed by atoms with E-state index in [0.29, 0.717) is 6.54 Å². The lowest BCUT2D eigenvalue weighted by Gasteiger charge is -2.05. The number of nitrogens with one attached hydrogen (secondary N) is 1. The molecule has 0 aliphatic heterocycles. The van der Waals surface area contributed by atoms with Gasteiger partial charge < -0.3 is 10.4 Å². The number of aliphatic hydroxyl groups is 1. The van der Waals surface area contributed by atoms with Crippen LogP contribution in [-0.4, -0.2) is 18.7 Å². The van der Waals surface area contributed by atoms with E-state index in [1.807, 2.05) is 13.1 Å². The monoisotopic (exact) mass is 313 g/mol. The highest BCUT2D eigenvalue weighted by atomic mass is 79.9. The van der Waals surface area contributed by atoms with Gasteiger partial charge in [-0.05, 0) is 45.0 Å². The molecule has 0 saturated carbocycles. The summed E-state index contributed by atoms with van der Waals surface area (Å²) < 4.78 is 2.02. The van der Waals surface area contributed by atoms with Crippen molar-refractivity contribution in [1.29, 1.82) is 0 Å². The quantitative estimate of drug-likeness (QED) is 0.898. The first-order chi connectivity index (χ1) is 5.65. The van der Waals surface area contributed by atoms with Gasteiger partial charge in [-0.1, -0.05) is 0 Å². The molecule has 1 atom stereocenters. The summed E-state index contributed by atoms with van der Waals surface area (Å²) in [6, 6.07) is 1.93. The van der Waals surface area contributed by atoms with Crippen LogP contribution in [0.15, 0.2) is 14.3 Å². The number of hydrogen-bond donors (Lipinski definition) is 2. The van der Waals surface area contributed by atoms with E-state index in [4.69, 9.17) is 0 Å². The summed E-state index contributed by atoms with van der Waals surface area (Å²) in [6.45, 7) is 0.583. The van der Waals surface area contributed by atoms with E-state index in [1.165, 1.54) is 0 Å². The Balaban J connectivity index is 2.74. The molecule has 1 aromatic rings. The average molecular weight is 315 g/mol. The van der Waals surface area contributed by atoms with Crippen molar-refractivity contribution in [2.24, 2.45) is 0 Å². The number of rotatable bonds is 3. The van der Waals surface area contributed by atoms with Crippen molar-refractivity contribution in [2.45, 2.75) is 6.10 Å². The van der Waals surface area contributed by atoms with Crippen LogP contribution in [0.4, 0.5) is 0 Å². The Bertz CT molecular complexity index is 244. The Morgan fingerprint density at radius 3 is 2.75 bits per heavy atom. The Kier molecular flexibility index (Phi) is 4.19. The highest BCUT2D eigenvalue weighted by Crippen LogP contribution is 2.35. The molecule has 5 heteroatoms. The van der Waals surface area contributed by atoms with Crippen molar-refractivity contribution < 1.29 is 5.11 Å². The van der Waals surface area contributed by atoms with Crippen LogP contribution >= 0.6 is 43.2 Å². The molecule has 1 heterocycles. The topological polar surface area (TPSA) is 32.3 Å². The molecule has 0 amide bonds. The second-order valence-corrected chi connectivity index (χ2v) is 5.60. The van der Waals surface area contributed by atoms with Gasteiger partial charge in [0.25, 0.3) is 0 Å². The molecule has 0 aliphatic carbocycles. The molecule has 0 saturated heterocycles. The predicted molar refractivity (Wildman–Crippen MR) is 58.6 cm³/mol. The van der Waals surface area contributed by atoms with Crippen molar-refractivity contribution in [3.8, 4) is 0 Å². The molecule has 2 N–H and O–H groups in total. The summed E-state index contributed by atoms with van der Waals surface area (Å²) in [5, 5.41) is 12.5. The van der Waals surface area contributed by atoms with E-state index >= 15 is 0 Å². The molecule has 1 unspecified atom stereocenters. The van der Waals surface area contributed by atoms with Crippen LogP contribution in [-0.2, 0) is 0 Å². The average Bonchev–Trinajstić information content (AvgIpc) is 2.33. The molecule has 1 rings (SSSR count). The molecule has 2 nitrogen and oxygen atoms in total. The third-order valence-corrected chi connectivity index (χ3v) is 4.75. The maximum absolute atomic E-state index is 9.56. The standard InChI is InChI=1S/C7H9Br2NOS/c1-10-3-5(11)6-2-4(8)7(9)12-6/h2,5,10-11H,3H2,1H3. The Morgan fingerprint density at radius 1 is 1.67 bits per heavy atom. The third kappa shape index (κ3) is 2.53. The Labute approximate surface area is 92.2 Å². The zero-order valence-corrected chi connectivity index (χ0v) is 10.5. The van der Waals surface area contributed by atoms with E-state index < -0.39 is 6.10 Å². The van der Waals surface area contributed by atoms with Crippen LogP contribution in [0.3, 0.4) is 0 Å². The molecule has 0 radical (unpaired) electrons. The second-order valence-electron chi connectivity index (χ2n) is 2.34. The van der Waals surface area contributed by atoms with Crippen LogP contribution in [0.25, 0.3) is 0 Å². The van der Waals surface area contributed by atoms with E-state index in [2.05, 4.69) is 37.2 Å². The summed E-state index contributed by atoms with van der Waals surface area (Å²) in [4.78, 5) is 0.961. The van der Waals surface area contributed by atoms with Gasteiger partial charge in [-0.15, -0.1) is 11.3 Å². The normalized spacial score (nSPS) is 13.3. The summed E-state index contributed by atoms with van der Waals surface area (Å²) in [6.07, 6.45) is -0.414. The maximum Gasteiger partial charge on any atom is 0.101 e. The van der Waals surface area contributed by atoms with E-state index in [1.54, 1.807) is 11.3 Å². The molecule has 12 heavy (non-hydrogen) atoms. The lowest BCUT2D eigenvalue weighted by molar-refractivity contribution is 0.181. The van der Waals surface area contributed by atoms with E-state index in [0.717, 1.165) is 13.1 Å². The van der Waals surface area contributed by atoms with Gasteiger partial charge in [0.05, 0.1) is 3.79 Å². The fraction of sp³-hybridized carbons (Fsp3) is 0.429. The van der Waals surface area contributed by atoms with Gasteiger partial charge in [-0.2, -0.15) is 0 Å². The second kappa shape index (κ2) is 4.72. The zero-order valence-electron chi connectivity index (χ0n) is 6.47. The summed E-state index contributed by atoms with van der Waals surface area (Å²) in [5.41, 5.74) is 0. The fourth-order valence-electron chi connectivity index (χ4n) is 0.821. The molecule has 0 fully saturated rings. The lowest BCUT2D eigenvalue weighted by atomic mass is 10.3. The van der Waals surface area contributed by atoms with Crippen LogP contribution in [0.1, 0.15) is 11.0 Å². The lowest BCUT2D eigenvalue weighted by Crippen LogP contribution is -2.15. The summed E-state index contributed by atoms with van der Waals surface area (Å²) >= 11 is 8.29. The highest BCUT2D eigenvalue weighted by Gasteiger charge is 2.11. The SMILES string of the molecule is CNCC(O)c1cc(Br)c(Br)s1. The molecule has 0 spiro atoms. The van der Waals surface area contributed by atoms with Crippen LogP contribution in [0.2, 0.25) is 0 Å². The fourth-order valence-corrected chi connectivity index (χ4v) is 2.90. The van der Waals surface area contributed by atoms with Gasteiger partial charge in [-0.3, -0.25) is 0 Å². The zero-order chi connectivity index (χ0) is 9.14. The van der Waals surface area contributed by atoms with Crippen LogP contribution in [0, 0.1) is 0 Å². The van der Waals surface area contributed by atoms with Gasteiger partial charge in [0.15, 0.2) is 0 Å². The minimum Gasteiger partial charge on any atom is -0.386 e. The van der Waals surface area contributed by atoms with Gasteiger partial charge in [0, 0.05) is 15.9 Å². The van der Waals surface area contributed by atoms with E-state index in [-0.39, 0.29) is 0 Å². The predicted octanol–water partition coefficient (Wildman–Crippen LogP) is 2.53. The van der Waals surface area contributed by atoms with Crippen molar-refractivity contribution in [2.75, 3.05) is 13.6 Å². The number of hydrogen-bond acceptors (Lipinski definition) is 3. The molecular formula is C7H9Br2NOS. The highest BCUT2D eigenvalue weighted by molar-refractivity contribution is 9.13. The first-order valence-electron chi connectivity index (χ1n) is 3.42. The smallest absolute Gasteiger partial charge is 0.101 e. The molecule has 68 valence electrons. The first kappa shape index (κ1) is 10.7. The Hall–Kier alpha value is 0.580. The number of likely N-dealkylation sites (N-methyl/N-ethyl adjacent to an activating group) is 1. The number of thiophene rings is 1. The van der Waals surface area contributed by atoms with Gasteiger partial charge in [0.1, 0.15) is 6.10 Å². The van der Waals surface area contributed by atoms with E-state index in [9.17, 15) is 5.11 Å². The first-order valence-corrected chi connectivity index (χ1v) is 5.82. The molecular weight excluding hydrogens is 306 g/mol. The van der Waals surface area contributed by atoms with Crippen molar-refractivity contribution in [3.05, 3.63) is 19.2 Å².